The fourth-order valence-electron chi connectivity index (χ4n) is 2.32. The van der Waals surface area contributed by atoms with Crippen molar-refractivity contribution in [3.05, 3.63) is 59.4 Å². The minimum Gasteiger partial charge on any atom is -0.386 e. The summed E-state index contributed by atoms with van der Waals surface area (Å²) >= 11 is 1.50. The molecule has 3 nitrogen and oxygen atoms in total. The largest absolute Gasteiger partial charge is 0.386 e. The molecule has 1 amide bonds. The van der Waals surface area contributed by atoms with Gasteiger partial charge in [-0.2, -0.15) is 0 Å². The van der Waals surface area contributed by atoms with Gasteiger partial charge in [-0.3, -0.25) is 4.79 Å². The van der Waals surface area contributed by atoms with Crippen LogP contribution in [0.4, 0.5) is 10.1 Å². The number of carbonyl (C=O) groups is 1. The van der Waals surface area contributed by atoms with Crippen molar-refractivity contribution in [2.45, 2.75) is 37.6 Å². The predicted octanol–water partition coefficient (Wildman–Crippen LogP) is 4.57. The van der Waals surface area contributed by atoms with E-state index in [1.54, 1.807) is 19.2 Å². The minimum atomic E-state index is -0.317. The second kappa shape index (κ2) is 8.39. The Bertz CT molecular complexity index is 723. The quantitative estimate of drug-likeness (QED) is 0.741. The van der Waals surface area contributed by atoms with Gasteiger partial charge in [0.05, 0.1) is 11.4 Å². The first-order valence-electron chi connectivity index (χ1n) is 8.26. The van der Waals surface area contributed by atoms with Crippen LogP contribution in [0.2, 0.25) is 0 Å². The van der Waals surface area contributed by atoms with Gasteiger partial charge >= 0.3 is 0 Å². The fraction of sp³-hybridized carbons (Fsp3) is 0.350. The van der Waals surface area contributed by atoms with Crippen LogP contribution in [0.15, 0.2) is 47.4 Å². The van der Waals surface area contributed by atoms with Crippen LogP contribution in [0.3, 0.4) is 0 Å². The zero-order valence-corrected chi connectivity index (χ0v) is 16.0. The Balaban J connectivity index is 1.82. The van der Waals surface area contributed by atoms with Crippen molar-refractivity contribution in [3.63, 3.8) is 0 Å². The monoisotopic (exact) mass is 360 g/mol. The first kappa shape index (κ1) is 19.3. The molecule has 0 bridgehead atoms. The number of amides is 1. The van der Waals surface area contributed by atoms with E-state index < -0.39 is 0 Å². The molecule has 2 aromatic rings. The molecule has 0 aliphatic rings. The second-order valence-electron chi connectivity index (χ2n) is 6.90. The van der Waals surface area contributed by atoms with Crippen LogP contribution >= 0.6 is 11.8 Å². The zero-order valence-electron chi connectivity index (χ0n) is 15.2. The Hall–Kier alpha value is -2.01. The Labute approximate surface area is 153 Å². The lowest BCUT2D eigenvalue weighted by molar-refractivity contribution is -0.118. The van der Waals surface area contributed by atoms with Crippen LogP contribution in [-0.4, -0.2) is 18.7 Å². The van der Waals surface area contributed by atoms with Gasteiger partial charge in [0.15, 0.2) is 0 Å². The molecular weight excluding hydrogens is 335 g/mol. The molecule has 0 unspecified atom stereocenters. The highest BCUT2D eigenvalue weighted by atomic mass is 32.2. The molecule has 0 heterocycles. The summed E-state index contributed by atoms with van der Waals surface area (Å²) in [5.41, 5.74) is 2.58. The van der Waals surface area contributed by atoms with E-state index in [9.17, 15) is 9.18 Å². The lowest BCUT2D eigenvalue weighted by Gasteiger charge is -2.19. The summed E-state index contributed by atoms with van der Waals surface area (Å²) in [6.45, 7) is 6.85. The summed E-state index contributed by atoms with van der Waals surface area (Å²) in [4.78, 5) is 13.0. The first-order chi connectivity index (χ1) is 11.8. The molecule has 0 atom stereocenters. The summed E-state index contributed by atoms with van der Waals surface area (Å²) in [6, 6.07) is 13.2. The van der Waals surface area contributed by atoms with Gasteiger partial charge < -0.3 is 10.6 Å². The molecule has 5 heteroatoms. The third-order valence-corrected chi connectivity index (χ3v) is 4.89. The highest BCUT2D eigenvalue weighted by molar-refractivity contribution is 8.00. The number of thioether (sulfide) groups is 1. The summed E-state index contributed by atoms with van der Waals surface area (Å²) in [5.74, 6) is -0.0445. The molecule has 2 N–H and O–H groups in total. The molecule has 0 aliphatic heterocycles. The van der Waals surface area contributed by atoms with Crippen LogP contribution in [0, 0.1) is 5.82 Å². The minimum absolute atomic E-state index is 0.0667. The van der Waals surface area contributed by atoms with Crippen LogP contribution in [0.25, 0.3) is 0 Å². The second-order valence-corrected chi connectivity index (χ2v) is 7.95. The lowest BCUT2D eigenvalue weighted by atomic mass is 9.87. The summed E-state index contributed by atoms with van der Waals surface area (Å²) < 4.78 is 13.7. The smallest absolute Gasteiger partial charge is 0.230 e. The fourth-order valence-corrected chi connectivity index (χ4v) is 3.05. The van der Waals surface area contributed by atoms with Gasteiger partial charge in [0, 0.05) is 18.5 Å². The maximum Gasteiger partial charge on any atom is 0.230 e. The van der Waals surface area contributed by atoms with Crippen LogP contribution in [0.5, 0.6) is 0 Å². The van der Waals surface area contributed by atoms with E-state index in [4.69, 9.17) is 0 Å². The Morgan fingerprint density at radius 1 is 1.12 bits per heavy atom. The molecule has 0 saturated heterocycles. The molecule has 2 rings (SSSR count). The summed E-state index contributed by atoms with van der Waals surface area (Å²) in [7, 11) is 1.67. The van der Waals surface area contributed by atoms with E-state index >= 15 is 0 Å². The number of hydrogen-bond donors (Lipinski definition) is 2. The lowest BCUT2D eigenvalue weighted by Crippen LogP contribution is -2.24. The SMILES string of the molecule is CNc1ccc(CNC(=O)CSc2ccc(C(C)(C)C)cc2)cc1F. The molecule has 2 aromatic carbocycles. The molecule has 0 fully saturated rings. The van der Waals surface area contributed by atoms with Crippen molar-refractivity contribution >= 4 is 23.4 Å². The molecule has 0 aliphatic carbocycles. The van der Waals surface area contributed by atoms with Crippen molar-refractivity contribution in [2.75, 3.05) is 18.1 Å². The Morgan fingerprint density at radius 2 is 1.80 bits per heavy atom. The molecular formula is C20H25FN2OS. The highest BCUT2D eigenvalue weighted by Crippen LogP contribution is 2.25. The Kier molecular flexibility index (Phi) is 6.48. The van der Waals surface area contributed by atoms with Crippen molar-refractivity contribution in [3.8, 4) is 0 Å². The zero-order chi connectivity index (χ0) is 18.4. The molecule has 0 aromatic heterocycles. The predicted molar refractivity (Wildman–Crippen MR) is 104 cm³/mol. The maximum absolute atomic E-state index is 13.7. The standard InChI is InChI=1S/C20H25FN2OS/c1-20(2,3)15-6-8-16(9-7-15)25-13-19(24)23-12-14-5-10-18(22-4)17(21)11-14/h5-11,22H,12-13H2,1-4H3,(H,23,24). The highest BCUT2D eigenvalue weighted by Gasteiger charge is 2.13. The number of nitrogens with one attached hydrogen (secondary N) is 2. The topological polar surface area (TPSA) is 41.1 Å². The van der Waals surface area contributed by atoms with E-state index in [2.05, 4.69) is 43.5 Å². The van der Waals surface area contributed by atoms with Gasteiger partial charge in [-0.1, -0.05) is 39.0 Å². The van der Waals surface area contributed by atoms with Gasteiger partial charge in [0.25, 0.3) is 0 Å². The number of anilines is 1. The van der Waals surface area contributed by atoms with Crippen LogP contribution < -0.4 is 10.6 Å². The number of halogens is 1. The van der Waals surface area contributed by atoms with E-state index in [1.165, 1.54) is 23.4 Å². The third-order valence-electron chi connectivity index (χ3n) is 3.88. The number of carbonyl (C=O) groups excluding carboxylic acids is 1. The third kappa shape index (κ3) is 5.78. The summed E-state index contributed by atoms with van der Waals surface area (Å²) in [6.07, 6.45) is 0. The number of rotatable bonds is 6. The van der Waals surface area contributed by atoms with Gasteiger partial charge in [-0.05, 0) is 40.8 Å². The molecule has 0 spiro atoms. The van der Waals surface area contributed by atoms with E-state index in [0.29, 0.717) is 18.0 Å². The normalized spacial score (nSPS) is 11.2. The molecule has 134 valence electrons. The Morgan fingerprint density at radius 3 is 2.36 bits per heavy atom. The first-order valence-corrected chi connectivity index (χ1v) is 9.24. The summed E-state index contributed by atoms with van der Waals surface area (Å²) in [5, 5.41) is 5.60. The number of benzene rings is 2. The van der Waals surface area contributed by atoms with Crippen LogP contribution in [-0.2, 0) is 16.8 Å². The van der Waals surface area contributed by atoms with Crippen molar-refractivity contribution in [1.29, 1.82) is 0 Å². The van der Waals surface area contributed by atoms with Gasteiger partial charge in [0.2, 0.25) is 5.91 Å². The molecule has 0 saturated carbocycles. The molecule has 25 heavy (non-hydrogen) atoms. The maximum atomic E-state index is 13.7. The van der Waals surface area contributed by atoms with E-state index in [1.807, 2.05) is 12.1 Å². The van der Waals surface area contributed by atoms with Crippen LogP contribution in [0.1, 0.15) is 31.9 Å². The average Bonchev–Trinajstić information content (AvgIpc) is 2.58. The van der Waals surface area contributed by atoms with Gasteiger partial charge in [-0.15, -0.1) is 11.8 Å². The van der Waals surface area contributed by atoms with Crippen molar-refractivity contribution in [1.82, 2.24) is 5.32 Å². The molecule has 0 radical (unpaired) electrons. The van der Waals surface area contributed by atoms with E-state index in [0.717, 1.165) is 10.5 Å². The van der Waals surface area contributed by atoms with Crippen molar-refractivity contribution in [2.24, 2.45) is 0 Å². The van der Waals surface area contributed by atoms with Gasteiger partial charge in [-0.25, -0.2) is 4.39 Å². The average molecular weight is 360 g/mol. The van der Waals surface area contributed by atoms with Gasteiger partial charge in [0.1, 0.15) is 5.82 Å². The number of hydrogen-bond acceptors (Lipinski definition) is 3. The van der Waals surface area contributed by atoms with Crippen molar-refractivity contribution < 1.29 is 9.18 Å². The van der Waals surface area contributed by atoms with E-state index in [-0.39, 0.29) is 17.1 Å².